The van der Waals surface area contributed by atoms with Crippen molar-refractivity contribution < 1.29 is 4.39 Å². The summed E-state index contributed by atoms with van der Waals surface area (Å²) in [6.45, 7) is 0.857. The smallest absolute Gasteiger partial charge is 0.188 e. The molecule has 5 nitrogen and oxygen atoms in total. The molecule has 0 amide bonds. The Labute approximate surface area is 138 Å². The van der Waals surface area contributed by atoms with Crippen LogP contribution in [0.3, 0.4) is 0 Å². The van der Waals surface area contributed by atoms with E-state index in [9.17, 15) is 4.39 Å². The average molecular weight is 331 g/mol. The van der Waals surface area contributed by atoms with E-state index in [0.29, 0.717) is 17.0 Å². The molecule has 0 atom stereocenters. The molecule has 2 heterocycles. The molecule has 0 unspecified atom stereocenters. The van der Waals surface area contributed by atoms with Gasteiger partial charge in [0.2, 0.25) is 0 Å². The average Bonchev–Trinajstić information content (AvgIpc) is 2.98. The largest absolute Gasteiger partial charge is 0.369 e. The van der Waals surface area contributed by atoms with Gasteiger partial charge in [0.15, 0.2) is 11.5 Å². The molecule has 1 aromatic carbocycles. The molecule has 0 radical (unpaired) electrons. The summed E-state index contributed by atoms with van der Waals surface area (Å²) in [6, 6.07) is 10.2. The SMILES string of the molecule is CSCCCCNc1ccc2nnc(-c3ccccc3F)n2n1. The van der Waals surface area contributed by atoms with Crippen LogP contribution in [0.15, 0.2) is 36.4 Å². The van der Waals surface area contributed by atoms with Gasteiger partial charge in [0.05, 0.1) is 5.56 Å². The Bertz CT molecular complexity index is 789. The minimum atomic E-state index is -0.334. The maximum Gasteiger partial charge on any atom is 0.188 e. The summed E-state index contributed by atoms with van der Waals surface area (Å²) in [7, 11) is 0. The fraction of sp³-hybridized carbons (Fsp3) is 0.312. The van der Waals surface area contributed by atoms with Crippen LogP contribution >= 0.6 is 11.8 Å². The lowest BCUT2D eigenvalue weighted by Gasteiger charge is -2.06. The zero-order valence-electron chi connectivity index (χ0n) is 12.9. The summed E-state index contributed by atoms with van der Waals surface area (Å²) >= 11 is 1.85. The number of nitrogens with zero attached hydrogens (tertiary/aromatic N) is 4. The van der Waals surface area contributed by atoms with Crippen LogP contribution in [0.2, 0.25) is 0 Å². The maximum absolute atomic E-state index is 14.0. The number of nitrogens with one attached hydrogen (secondary N) is 1. The molecular weight excluding hydrogens is 313 g/mol. The number of rotatable bonds is 7. The number of anilines is 1. The normalized spacial score (nSPS) is 11.0. The van der Waals surface area contributed by atoms with E-state index in [-0.39, 0.29) is 5.82 Å². The number of halogens is 1. The third-order valence-corrected chi connectivity index (χ3v) is 4.16. The third-order valence-electron chi connectivity index (χ3n) is 3.46. The van der Waals surface area contributed by atoms with Crippen molar-refractivity contribution in [3.8, 4) is 11.4 Å². The van der Waals surface area contributed by atoms with Gasteiger partial charge in [-0.15, -0.1) is 15.3 Å². The van der Waals surface area contributed by atoms with E-state index in [2.05, 4.69) is 26.9 Å². The monoisotopic (exact) mass is 331 g/mol. The van der Waals surface area contributed by atoms with E-state index in [1.165, 1.54) is 12.5 Å². The highest BCUT2D eigenvalue weighted by molar-refractivity contribution is 7.98. The van der Waals surface area contributed by atoms with Crippen molar-refractivity contribution in [2.24, 2.45) is 0 Å². The predicted molar refractivity (Wildman–Crippen MR) is 92.3 cm³/mol. The highest BCUT2D eigenvalue weighted by Crippen LogP contribution is 2.21. The molecule has 0 aliphatic heterocycles. The number of thioether (sulfide) groups is 1. The first-order chi connectivity index (χ1) is 11.3. The topological polar surface area (TPSA) is 55.1 Å². The van der Waals surface area contributed by atoms with Crippen molar-refractivity contribution >= 4 is 23.2 Å². The number of hydrogen-bond donors (Lipinski definition) is 1. The molecule has 1 N–H and O–H groups in total. The van der Waals surface area contributed by atoms with Crippen LogP contribution in [-0.2, 0) is 0 Å². The fourth-order valence-corrected chi connectivity index (χ4v) is 2.77. The summed E-state index contributed by atoms with van der Waals surface area (Å²) in [5.41, 5.74) is 0.987. The number of unbranched alkanes of at least 4 members (excludes halogenated alkanes) is 1. The number of fused-ring (bicyclic) bond motifs is 1. The molecule has 120 valence electrons. The van der Waals surface area contributed by atoms with Crippen molar-refractivity contribution in [1.82, 2.24) is 19.8 Å². The zero-order chi connectivity index (χ0) is 16.1. The molecule has 0 saturated heterocycles. The number of aromatic nitrogens is 4. The lowest BCUT2D eigenvalue weighted by Crippen LogP contribution is -2.06. The fourth-order valence-electron chi connectivity index (χ4n) is 2.28. The minimum absolute atomic E-state index is 0.334. The van der Waals surface area contributed by atoms with Gasteiger partial charge in [-0.25, -0.2) is 4.39 Å². The zero-order valence-corrected chi connectivity index (χ0v) is 13.7. The van der Waals surface area contributed by atoms with E-state index in [1.807, 2.05) is 23.9 Å². The third kappa shape index (κ3) is 3.61. The molecule has 23 heavy (non-hydrogen) atoms. The second-order valence-corrected chi connectivity index (χ2v) is 6.10. The standard InChI is InChI=1S/C16H18FN5S/c1-23-11-5-4-10-18-14-8-9-15-19-20-16(22(15)21-14)12-6-2-3-7-13(12)17/h2-3,6-9H,4-5,10-11H2,1H3,(H,18,21). The first-order valence-electron chi connectivity index (χ1n) is 7.50. The highest BCUT2D eigenvalue weighted by atomic mass is 32.2. The van der Waals surface area contributed by atoms with Gasteiger partial charge >= 0.3 is 0 Å². The van der Waals surface area contributed by atoms with Gasteiger partial charge in [0.1, 0.15) is 11.6 Å². The highest BCUT2D eigenvalue weighted by Gasteiger charge is 2.13. The lowest BCUT2D eigenvalue weighted by atomic mass is 10.2. The molecule has 0 aliphatic carbocycles. The molecule has 0 aliphatic rings. The molecule has 2 aromatic heterocycles. The lowest BCUT2D eigenvalue weighted by molar-refractivity contribution is 0.629. The van der Waals surface area contributed by atoms with Crippen LogP contribution in [0.5, 0.6) is 0 Å². The quantitative estimate of drug-likeness (QED) is 0.672. The summed E-state index contributed by atoms with van der Waals surface area (Å²) in [5, 5.41) is 15.9. The first kappa shape index (κ1) is 15.7. The Balaban J connectivity index is 1.82. The minimum Gasteiger partial charge on any atom is -0.369 e. The van der Waals surface area contributed by atoms with Gasteiger partial charge in [-0.3, -0.25) is 0 Å². The Morgan fingerprint density at radius 1 is 1.13 bits per heavy atom. The molecule has 3 aromatic rings. The van der Waals surface area contributed by atoms with Gasteiger partial charge in [-0.2, -0.15) is 16.3 Å². The predicted octanol–water partition coefficient (Wildman–Crippen LogP) is 3.49. The van der Waals surface area contributed by atoms with Crippen LogP contribution in [0.4, 0.5) is 10.2 Å². The number of benzene rings is 1. The van der Waals surface area contributed by atoms with Crippen LogP contribution in [-0.4, -0.2) is 38.4 Å². The van der Waals surface area contributed by atoms with Crippen molar-refractivity contribution in [1.29, 1.82) is 0 Å². The summed E-state index contributed by atoms with van der Waals surface area (Å²) in [6.07, 6.45) is 4.37. The van der Waals surface area contributed by atoms with Gasteiger partial charge < -0.3 is 5.32 Å². The summed E-state index contributed by atoms with van der Waals surface area (Å²) < 4.78 is 15.5. The van der Waals surface area contributed by atoms with Crippen molar-refractivity contribution in [3.63, 3.8) is 0 Å². The summed E-state index contributed by atoms with van der Waals surface area (Å²) in [5.74, 6) is 1.97. The summed E-state index contributed by atoms with van der Waals surface area (Å²) in [4.78, 5) is 0. The van der Waals surface area contributed by atoms with Crippen molar-refractivity contribution in [3.05, 3.63) is 42.2 Å². The Kier molecular flexibility index (Phi) is 5.07. The van der Waals surface area contributed by atoms with Gasteiger partial charge in [0.25, 0.3) is 0 Å². The Hall–Kier alpha value is -2.15. The van der Waals surface area contributed by atoms with E-state index in [4.69, 9.17) is 0 Å². The molecule has 0 saturated carbocycles. The van der Waals surface area contributed by atoms with E-state index < -0.39 is 0 Å². The van der Waals surface area contributed by atoms with Gasteiger partial charge in [-0.1, -0.05) is 12.1 Å². The molecule has 7 heteroatoms. The van der Waals surface area contributed by atoms with E-state index in [0.717, 1.165) is 24.5 Å². The second-order valence-electron chi connectivity index (χ2n) is 5.12. The van der Waals surface area contributed by atoms with Crippen LogP contribution in [0.1, 0.15) is 12.8 Å². The van der Waals surface area contributed by atoms with Gasteiger partial charge in [-0.05, 0) is 49.1 Å². The second kappa shape index (κ2) is 7.41. The van der Waals surface area contributed by atoms with E-state index >= 15 is 0 Å². The van der Waals surface area contributed by atoms with Gasteiger partial charge in [0, 0.05) is 6.54 Å². The molecular formula is C16H18FN5S. The van der Waals surface area contributed by atoms with Crippen molar-refractivity contribution in [2.75, 3.05) is 23.9 Å². The first-order valence-corrected chi connectivity index (χ1v) is 8.89. The van der Waals surface area contributed by atoms with Crippen LogP contribution in [0.25, 0.3) is 17.0 Å². The molecule has 3 rings (SSSR count). The van der Waals surface area contributed by atoms with Crippen molar-refractivity contribution in [2.45, 2.75) is 12.8 Å². The molecule has 0 bridgehead atoms. The van der Waals surface area contributed by atoms with Crippen LogP contribution in [0, 0.1) is 5.82 Å². The molecule has 0 spiro atoms. The van der Waals surface area contributed by atoms with Crippen LogP contribution < -0.4 is 5.32 Å². The maximum atomic E-state index is 14.0. The Morgan fingerprint density at radius 3 is 2.83 bits per heavy atom. The Morgan fingerprint density at radius 2 is 2.00 bits per heavy atom. The number of hydrogen-bond acceptors (Lipinski definition) is 5. The van der Waals surface area contributed by atoms with E-state index in [1.54, 1.807) is 22.7 Å². The molecule has 0 fully saturated rings.